The minimum Gasteiger partial charge on any atom is -0.872 e. The lowest BCUT2D eigenvalue weighted by molar-refractivity contribution is -0.267. The summed E-state index contributed by atoms with van der Waals surface area (Å²) in [6.07, 6.45) is 0. The molecule has 0 amide bonds. The summed E-state index contributed by atoms with van der Waals surface area (Å²) in [5.41, 5.74) is 0.412. The van der Waals surface area contributed by atoms with Crippen LogP contribution in [-0.2, 0) is 0 Å². The summed E-state index contributed by atoms with van der Waals surface area (Å²) in [6, 6.07) is 6.48. The highest BCUT2D eigenvalue weighted by Gasteiger charge is 2.02. The zero-order valence-electron chi connectivity index (χ0n) is 6.48. The molecule has 2 rings (SSSR count). The van der Waals surface area contributed by atoms with E-state index in [0.29, 0.717) is 5.56 Å². The Morgan fingerprint density at radius 3 is 2.77 bits per heavy atom. The average molecular weight is 193 g/mol. The van der Waals surface area contributed by atoms with Crippen molar-refractivity contribution >= 4 is 12.2 Å². The largest absolute Gasteiger partial charge is 0.872 e. The van der Waals surface area contributed by atoms with Gasteiger partial charge in [-0.15, -0.1) is 5.10 Å². The number of hydrogen-bond donors (Lipinski definition) is 1. The molecular formula is C8H5N2O2S-. The van der Waals surface area contributed by atoms with Crippen molar-refractivity contribution in [2.45, 2.75) is 0 Å². The fraction of sp³-hybridized carbons (Fsp3) is 0. The number of benzene rings is 1. The Bertz CT molecular complexity index is 475. The lowest BCUT2D eigenvalue weighted by atomic mass is 10.2. The van der Waals surface area contributed by atoms with Gasteiger partial charge in [-0.2, -0.15) is 0 Å². The SMILES string of the molecule is [O-]c1ccccc1-c1n[nH]c(=S)o1. The van der Waals surface area contributed by atoms with Crippen molar-refractivity contribution in [3.63, 3.8) is 0 Å². The predicted molar refractivity (Wildman–Crippen MR) is 46.6 cm³/mol. The van der Waals surface area contributed by atoms with Gasteiger partial charge in [0.05, 0.1) is 0 Å². The van der Waals surface area contributed by atoms with E-state index in [-0.39, 0.29) is 16.5 Å². The van der Waals surface area contributed by atoms with E-state index in [4.69, 9.17) is 4.42 Å². The van der Waals surface area contributed by atoms with Gasteiger partial charge in [-0.3, -0.25) is 0 Å². The van der Waals surface area contributed by atoms with Gasteiger partial charge in [-0.05, 0) is 12.2 Å². The number of nitrogens with zero attached hydrogens (tertiary/aromatic N) is 1. The first-order valence-electron chi connectivity index (χ1n) is 3.59. The van der Waals surface area contributed by atoms with E-state index >= 15 is 0 Å². The number of nitrogens with one attached hydrogen (secondary N) is 1. The van der Waals surface area contributed by atoms with Crippen LogP contribution in [0, 0.1) is 4.84 Å². The molecule has 0 atom stereocenters. The van der Waals surface area contributed by atoms with E-state index in [1.807, 2.05) is 0 Å². The smallest absolute Gasteiger partial charge is 0.284 e. The molecule has 4 nitrogen and oxygen atoms in total. The van der Waals surface area contributed by atoms with Gasteiger partial charge in [0.25, 0.3) is 4.84 Å². The van der Waals surface area contributed by atoms with E-state index in [1.165, 1.54) is 6.07 Å². The van der Waals surface area contributed by atoms with Crippen LogP contribution in [0.15, 0.2) is 28.7 Å². The maximum atomic E-state index is 11.3. The first kappa shape index (κ1) is 8.00. The first-order valence-corrected chi connectivity index (χ1v) is 4.00. The van der Waals surface area contributed by atoms with Gasteiger partial charge in [0.2, 0.25) is 5.89 Å². The third-order valence-electron chi connectivity index (χ3n) is 1.56. The van der Waals surface area contributed by atoms with Crippen LogP contribution in [0.1, 0.15) is 0 Å². The lowest BCUT2D eigenvalue weighted by Crippen LogP contribution is -1.92. The molecule has 0 spiro atoms. The number of H-pyrrole nitrogens is 1. The van der Waals surface area contributed by atoms with Gasteiger partial charge >= 0.3 is 0 Å². The topological polar surface area (TPSA) is 64.9 Å². The molecule has 0 aliphatic heterocycles. The Morgan fingerprint density at radius 1 is 1.38 bits per heavy atom. The van der Waals surface area contributed by atoms with Crippen molar-refractivity contribution in [3.8, 4) is 17.2 Å². The molecule has 0 saturated carbocycles. The summed E-state index contributed by atoms with van der Waals surface area (Å²) >= 11 is 4.69. The van der Waals surface area contributed by atoms with Crippen molar-refractivity contribution in [1.82, 2.24) is 10.2 Å². The molecule has 1 N–H and O–H groups in total. The van der Waals surface area contributed by atoms with Crippen molar-refractivity contribution in [3.05, 3.63) is 29.1 Å². The molecule has 5 heteroatoms. The van der Waals surface area contributed by atoms with Crippen molar-refractivity contribution in [2.75, 3.05) is 0 Å². The third-order valence-corrected chi connectivity index (χ3v) is 1.73. The van der Waals surface area contributed by atoms with Crippen LogP contribution in [-0.4, -0.2) is 10.2 Å². The summed E-state index contributed by atoms with van der Waals surface area (Å²) in [4.78, 5) is 0.165. The molecule has 0 aliphatic carbocycles. The molecule has 0 saturated heterocycles. The molecule has 0 radical (unpaired) electrons. The number of aromatic nitrogens is 2. The van der Waals surface area contributed by atoms with Crippen LogP contribution < -0.4 is 5.11 Å². The highest BCUT2D eigenvalue weighted by molar-refractivity contribution is 7.71. The molecule has 0 unspecified atom stereocenters. The zero-order chi connectivity index (χ0) is 9.26. The van der Waals surface area contributed by atoms with E-state index in [2.05, 4.69) is 22.4 Å². The second kappa shape index (κ2) is 3.02. The average Bonchev–Trinajstić information content (AvgIpc) is 2.53. The minimum absolute atomic E-state index is 0.132. The summed E-state index contributed by atoms with van der Waals surface area (Å²) in [6.45, 7) is 0. The maximum absolute atomic E-state index is 11.3. The zero-order valence-corrected chi connectivity index (χ0v) is 7.30. The second-order valence-electron chi connectivity index (χ2n) is 2.41. The van der Waals surface area contributed by atoms with E-state index in [9.17, 15) is 5.11 Å². The van der Waals surface area contributed by atoms with Gasteiger partial charge in [0.1, 0.15) is 0 Å². The molecule has 2 aromatic rings. The van der Waals surface area contributed by atoms with Gasteiger partial charge in [-0.1, -0.05) is 30.0 Å². The first-order chi connectivity index (χ1) is 6.27. The third kappa shape index (κ3) is 1.46. The number of hydrogen-bond acceptors (Lipinski definition) is 4. The summed E-state index contributed by atoms with van der Waals surface area (Å²) in [5.74, 6) is 0.100. The highest BCUT2D eigenvalue weighted by Crippen LogP contribution is 2.24. The summed E-state index contributed by atoms with van der Waals surface area (Å²) in [5, 5.41) is 17.5. The molecule has 0 bridgehead atoms. The van der Waals surface area contributed by atoms with Crippen LogP contribution >= 0.6 is 12.2 Å². The molecule has 66 valence electrons. The van der Waals surface area contributed by atoms with E-state index in [0.717, 1.165) is 0 Å². The molecule has 0 fully saturated rings. The van der Waals surface area contributed by atoms with Crippen molar-refractivity contribution in [2.24, 2.45) is 0 Å². The number of para-hydroxylation sites is 1. The number of rotatable bonds is 1. The highest BCUT2D eigenvalue weighted by atomic mass is 32.1. The molecule has 1 aromatic carbocycles. The van der Waals surface area contributed by atoms with E-state index < -0.39 is 0 Å². The van der Waals surface area contributed by atoms with Crippen molar-refractivity contribution < 1.29 is 9.52 Å². The van der Waals surface area contributed by atoms with Crippen LogP contribution in [0.25, 0.3) is 11.5 Å². The monoisotopic (exact) mass is 193 g/mol. The van der Waals surface area contributed by atoms with Gasteiger partial charge in [0.15, 0.2) is 0 Å². The molecule has 0 aliphatic rings. The van der Waals surface area contributed by atoms with Crippen molar-refractivity contribution in [1.29, 1.82) is 0 Å². The molecule has 13 heavy (non-hydrogen) atoms. The van der Waals surface area contributed by atoms with Crippen LogP contribution in [0.2, 0.25) is 0 Å². The predicted octanol–water partition coefficient (Wildman–Crippen LogP) is 1.47. The van der Waals surface area contributed by atoms with Crippen LogP contribution in [0.3, 0.4) is 0 Å². The fourth-order valence-electron chi connectivity index (χ4n) is 0.988. The standard InChI is InChI=1S/C8H6N2O2S/c11-6-4-2-1-3-5(6)7-9-10-8(13)12-7/h1-4,11H,(H,10,13)/p-1. The minimum atomic E-state index is -0.132. The second-order valence-corrected chi connectivity index (χ2v) is 2.79. The molecule has 1 heterocycles. The summed E-state index contributed by atoms with van der Waals surface area (Å²) in [7, 11) is 0. The Balaban J connectivity index is 2.58. The van der Waals surface area contributed by atoms with Crippen LogP contribution in [0.5, 0.6) is 5.75 Å². The maximum Gasteiger partial charge on any atom is 0.284 e. The Morgan fingerprint density at radius 2 is 2.15 bits per heavy atom. The van der Waals surface area contributed by atoms with Crippen LogP contribution in [0.4, 0.5) is 0 Å². The quantitative estimate of drug-likeness (QED) is 0.696. The summed E-state index contributed by atoms with van der Waals surface area (Å²) < 4.78 is 5.00. The Kier molecular flexibility index (Phi) is 1.86. The molecular weight excluding hydrogens is 188 g/mol. The van der Waals surface area contributed by atoms with Gasteiger partial charge < -0.3 is 9.52 Å². The Labute approximate surface area is 78.8 Å². The Hall–Kier alpha value is -1.62. The fourth-order valence-corrected chi connectivity index (χ4v) is 1.11. The lowest BCUT2D eigenvalue weighted by Gasteiger charge is -2.07. The van der Waals surface area contributed by atoms with E-state index in [1.54, 1.807) is 18.2 Å². The van der Waals surface area contributed by atoms with Gasteiger partial charge in [0, 0.05) is 5.56 Å². The number of aromatic amines is 1. The normalized spacial score (nSPS) is 10.2. The van der Waals surface area contributed by atoms with Gasteiger partial charge in [-0.25, -0.2) is 5.10 Å². The molecule has 1 aromatic heterocycles.